The van der Waals surface area contributed by atoms with Crippen molar-refractivity contribution in [3.8, 4) is 0 Å². The second-order valence-corrected chi connectivity index (χ2v) is 10.0. The largest absolute Gasteiger partial charge is 0.355 e. The van der Waals surface area contributed by atoms with Gasteiger partial charge >= 0.3 is 0 Å². The second-order valence-electron chi connectivity index (χ2n) is 8.96. The van der Waals surface area contributed by atoms with Crippen molar-refractivity contribution in [1.82, 2.24) is 10.2 Å². The molecule has 0 saturated carbocycles. The van der Waals surface area contributed by atoms with Crippen molar-refractivity contribution < 1.29 is 9.59 Å². The van der Waals surface area contributed by atoms with Crippen molar-refractivity contribution in [2.75, 3.05) is 31.1 Å². The zero-order valence-electron chi connectivity index (χ0n) is 19.5. The van der Waals surface area contributed by atoms with Gasteiger partial charge in [-0.3, -0.25) is 14.5 Å². The molecule has 2 aliphatic heterocycles. The first-order valence-electron chi connectivity index (χ1n) is 11.9. The molecule has 2 aliphatic rings. The number of aryl methyl sites for hydroxylation is 1. The Kier molecular flexibility index (Phi) is 7.89. The normalized spacial score (nSPS) is 20.1. The highest BCUT2D eigenvalue weighted by atomic mass is 32.2. The van der Waals surface area contributed by atoms with Crippen LogP contribution in [0.1, 0.15) is 43.7 Å². The van der Waals surface area contributed by atoms with Gasteiger partial charge in [0.25, 0.3) is 5.91 Å². The van der Waals surface area contributed by atoms with Crippen molar-refractivity contribution in [3.63, 3.8) is 0 Å². The molecule has 1 saturated heterocycles. The Morgan fingerprint density at radius 2 is 1.94 bits per heavy atom. The molecule has 0 spiro atoms. The number of thioether (sulfide) groups is 1. The van der Waals surface area contributed by atoms with Crippen LogP contribution in [0.4, 0.5) is 5.69 Å². The van der Waals surface area contributed by atoms with E-state index in [9.17, 15) is 9.59 Å². The number of nitrogens with one attached hydrogen (secondary N) is 1. The van der Waals surface area contributed by atoms with E-state index in [0.717, 1.165) is 35.7 Å². The maximum Gasteiger partial charge on any atom is 0.265 e. The molecule has 2 aromatic rings. The van der Waals surface area contributed by atoms with Gasteiger partial charge in [0.1, 0.15) is 6.54 Å². The predicted octanol–water partition coefficient (Wildman–Crippen LogP) is 4.86. The van der Waals surface area contributed by atoms with Crippen LogP contribution in [0.3, 0.4) is 0 Å². The van der Waals surface area contributed by atoms with E-state index >= 15 is 0 Å². The fourth-order valence-electron chi connectivity index (χ4n) is 4.43. The molecule has 4 rings (SSSR count). The van der Waals surface area contributed by atoms with Gasteiger partial charge in [0.2, 0.25) is 5.91 Å². The van der Waals surface area contributed by atoms with E-state index in [2.05, 4.69) is 17.1 Å². The Balaban J connectivity index is 1.39. The minimum absolute atomic E-state index is 0.0295. The maximum atomic E-state index is 13.3. The molecule has 0 aromatic heterocycles. The number of piperidine rings is 1. The molecule has 1 atom stereocenters. The van der Waals surface area contributed by atoms with Gasteiger partial charge in [0.15, 0.2) is 0 Å². The van der Waals surface area contributed by atoms with Gasteiger partial charge in [-0.2, -0.15) is 0 Å². The summed E-state index contributed by atoms with van der Waals surface area (Å²) in [5.74, 6) is -0.247. The Morgan fingerprint density at radius 3 is 2.73 bits per heavy atom. The van der Waals surface area contributed by atoms with Crippen molar-refractivity contribution in [2.24, 2.45) is 0 Å². The number of likely N-dealkylation sites (tertiary alicyclic amines) is 1. The van der Waals surface area contributed by atoms with Crippen LogP contribution in [0.2, 0.25) is 0 Å². The van der Waals surface area contributed by atoms with E-state index in [-0.39, 0.29) is 18.4 Å². The van der Waals surface area contributed by atoms with Gasteiger partial charge in [-0.15, -0.1) is 0 Å². The van der Waals surface area contributed by atoms with E-state index in [1.54, 1.807) is 4.90 Å². The zero-order chi connectivity index (χ0) is 23.2. The summed E-state index contributed by atoms with van der Waals surface area (Å²) in [7, 11) is 0. The quantitative estimate of drug-likeness (QED) is 0.471. The highest BCUT2D eigenvalue weighted by molar-refractivity contribution is 8.04. The average molecular weight is 464 g/mol. The highest BCUT2D eigenvalue weighted by Crippen LogP contribution is 2.41. The lowest BCUT2D eigenvalue weighted by molar-refractivity contribution is -0.122. The molecule has 2 amide bonds. The summed E-state index contributed by atoms with van der Waals surface area (Å²) in [6.45, 7) is 7.15. The van der Waals surface area contributed by atoms with Gasteiger partial charge in [0, 0.05) is 24.0 Å². The first kappa shape index (κ1) is 23.6. The Bertz CT molecular complexity index is 1020. The summed E-state index contributed by atoms with van der Waals surface area (Å²) in [4.78, 5) is 31.8. The summed E-state index contributed by atoms with van der Waals surface area (Å²) in [6.07, 6.45) is 6.68. The lowest BCUT2D eigenvalue weighted by Crippen LogP contribution is -2.43. The first-order chi connectivity index (χ1) is 16.0. The molecule has 174 valence electrons. The van der Waals surface area contributed by atoms with Crippen LogP contribution in [0.25, 0.3) is 6.08 Å². The monoisotopic (exact) mass is 463 g/mol. The smallest absolute Gasteiger partial charge is 0.265 e. The fraction of sp³-hybridized carbons (Fsp3) is 0.407. The molecule has 0 radical (unpaired) electrons. The van der Waals surface area contributed by atoms with E-state index in [0.29, 0.717) is 17.5 Å². The second kappa shape index (κ2) is 11.0. The van der Waals surface area contributed by atoms with Gasteiger partial charge in [-0.25, -0.2) is 0 Å². The van der Waals surface area contributed by atoms with E-state index in [4.69, 9.17) is 0 Å². The number of rotatable bonds is 7. The maximum absolute atomic E-state index is 13.3. The van der Waals surface area contributed by atoms with Crippen LogP contribution in [0.5, 0.6) is 0 Å². The standard InChI is InChI=1S/C27H33N3O2S/c1-20-11-13-22(14-12-20)18-25-27(32)30(23-9-3-4-10-24(23)33-25)19-26(31)28-15-7-17-29-16-6-5-8-21(29)2/h3-4,9-14,18,21H,5-8,15-17,19H2,1-2H3,(H,28,31)/b25-18+/t21-/m1/s1. The lowest BCUT2D eigenvalue weighted by atomic mass is 10.0. The van der Waals surface area contributed by atoms with Crippen LogP contribution in [0.15, 0.2) is 58.3 Å². The topological polar surface area (TPSA) is 52.7 Å². The van der Waals surface area contributed by atoms with Crippen molar-refractivity contribution in [1.29, 1.82) is 0 Å². The molecule has 33 heavy (non-hydrogen) atoms. The molecule has 2 aromatic carbocycles. The molecular weight excluding hydrogens is 430 g/mol. The predicted molar refractivity (Wildman–Crippen MR) is 136 cm³/mol. The van der Waals surface area contributed by atoms with Gasteiger partial charge in [0.05, 0.1) is 10.6 Å². The Labute approximate surface area is 201 Å². The molecule has 1 N–H and O–H groups in total. The number of hydrogen-bond donors (Lipinski definition) is 1. The molecule has 1 fully saturated rings. The molecule has 0 unspecified atom stereocenters. The van der Waals surface area contributed by atoms with Crippen LogP contribution < -0.4 is 10.2 Å². The molecule has 0 bridgehead atoms. The molecule has 2 heterocycles. The van der Waals surface area contributed by atoms with E-state index in [1.807, 2.05) is 61.5 Å². The summed E-state index contributed by atoms with van der Waals surface area (Å²) >= 11 is 1.47. The van der Waals surface area contributed by atoms with Crippen molar-refractivity contribution in [3.05, 3.63) is 64.6 Å². The molecule has 0 aliphatic carbocycles. The number of benzene rings is 2. The Hall–Kier alpha value is -2.57. The number of carbonyl (C=O) groups excluding carboxylic acids is 2. The number of fused-ring (bicyclic) bond motifs is 1. The number of amides is 2. The third-order valence-electron chi connectivity index (χ3n) is 6.39. The summed E-state index contributed by atoms with van der Waals surface area (Å²) in [5, 5.41) is 3.02. The lowest BCUT2D eigenvalue weighted by Gasteiger charge is -2.33. The summed E-state index contributed by atoms with van der Waals surface area (Å²) in [6, 6.07) is 16.5. The average Bonchev–Trinajstić information content (AvgIpc) is 2.82. The van der Waals surface area contributed by atoms with Crippen LogP contribution >= 0.6 is 11.8 Å². The van der Waals surface area contributed by atoms with E-state index in [1.165, 1.54) is 36.6 Å². The summed E-state index contributed by atoms with van der Waals surface area (Å²) < 4.78 is 0. The summed E-state index contributed by atoms with van der Waals surface area (Å²) in [5.41, 5.74) is 2.95. The zero-order valence-corrected chi connectivity index (χ0v) is 20.4. The minimum Gasteiger partial charge on any atom is -0.355 e. The minimum atomic E-state index is -0.128. The molecular formula is C27H33N3O2S. The molecule has 5 nitrogen and oxygen atoms in total. The number of nitrogens with zero attached hydrogens (tertiary/aromatic N) is 2. The van der Waals surface area contributed by atoms with Gasteiger partial charge < -0.3 is 10.2 Å². The first-order valence-corrected chi connectivity index (χ1v) is 12.7. The van der Waals surface area contributed by atoms with Crippen LogP contribution in [0, 0.1) is 6.92 Å². The number of anilines is 1. The van der Waals surface area contributed by atoms with Crippen molar-refractivity contribution in [2.45, 2.75) is 50.5 Å². The third-order valence-corrected chi connectivity index (χ3v) is 7.47. The van der Waals surface area contributed by atoms with Crippen molar-refractivity contribution >= 4 is 35.3 Å². The van der Waals surface area contributed by atoms with Crippen LogP contribution in [-0.2, 0) is 9.59 Å². The number of carbonyl (C=O) groups is 2. The molecule has 6 heteroatoms. The van der Waals surface area contributed by atoms with Gasteiger partial charge in [-0.1, -0.05) is 60.1 Å². The van der Waals surface area contributed by atoms with Crippen LogP contribution in [-0.4, -0.2) is 48.9 Å². The third kappa shape index (κ3) is 6.06. The SMILES string of the molecule is Cc1ccc(/C=C2/Sc3ccccc3N(CC(=O)NCCCN3CCCC[C@H]3C)C2=O)cc1. The number of hydrogen-bond acceptors (Lipinski definition) is 4. The highest BCUT2D eigenvalue weighted by Gasteiger charge is 2.30. The van der Waals surface area contributed by atoms with E-state index < -0.39 is 0 Å². The fourth-order valence-corrected chi connectivity index (χ4v) is 5.49. The van der Waals surface area contributed by atoms with Gasteiger partial charge in [-0.05, 0) is 63.4 Å². The Morgan fingerprint density at radius 1 is 1.15 bits per heavy atom. The number of para-hydroxylation sites is 1.